The number of nitrogens with zero attached hydrogens (tertiary/aromatic N) is 2. The Morgan fingerprint density at radius 1 is 0.708 bits per heavy atom. The molecule has 7 aromatic rings. The molecule has 0 fully saturated rings. The number of furan rings is 1. The molecule has 3 aromatic heterocycles. The fourth-order valence-corrected chi connectivity index (χ4v) is 6.83. The number of benzene rings is 4. The quantitative estimate of drug-likeness (QED) is 0.131. The number of aryl methyl sites for hydroxylation is 2. The van der Waals surface area contributed by atoms with Gasteiger partial charge in [-0.15, -0.1) is 53.1 Å². The van der Waals surface area contributed by atoms with E-state index in [9.17, 15) is 0 Å². The molecule has 0 atom stereocenters. The molecule has 4 aromatic carbocycles. The van der Waals surface area contributed by atoms with Gasteiger partial charge in [-0.05, 0) is 50.8 Å². The first-order valence-electron chi connectivity index (χ1n) is 16.2. The number of rotatable bonds is 4. The van der Waals surface area contributed by atoms with Crippen molar-refractivity contribution >= 4 is 35.2 Å². The molecule has 5 heteroatoms. The zero-order chi connectivity index (χ0) is 33.3. The van der Waals surface area contributed by atoms with Gasteiger partial charge in [0.15, 0.2) is 0 Å². The predicted molar refractivity (Wildman–Crippen MR) is 201 cm³/mol. The van der Waals surface area contributed by atoms with Crippen molar-refractivity contribution in [2.45, 2.75) is 59.7 Å². The van der Waals surface area contributed by atoms with Crippen LogP contribution in [-0.4, -0.2) is 18.0 Å². The normalized spacial score (nSPS) is 11.6. The Morgan fingerprint density at radius 2 is 1.48 bits per heavy atom. The fraction of sp³-hybridized carbons (Fsp3) is 0.209. The summed E-state index contributed by atoms with van der Waals surface area (Å²) in [5.41, 5.74) is 11.8. The van der Waals surface area contributed by atoms with Crippen LogP contribution in [0.5, 0.6) is 0 Å². The van der Waals surface area contributed by atoms with E-state index < -0.39 is 8.07 Å². The molecule has 0 amide bonds. The van der Waals surface area contributed by atoms with E-state index in [2.05, 4.69) is 155 Å². The van der Waals surface area contributed by atoms with E-state index >= 15 is 0 Å². The van der Waals surface area contributed by atoms with Crippen LogP contribution < -0.4 is 5.19 Å². The third kappa shape index (κ3) is 7.60. The topological polar surface area (TPSA) is 38.9 Å². The van der Waals surface area contributed by atoms with Crippen molar-refractivity contribution in [2.75, 3.05) is 0 Å². The molecule has 7 rings (SSSR count). The minimum absolute atomic E-state index is 0. The summed E-state index contributed by atoms with van der Waals surface area (Å²) in [5, 5.41) is 3.61. The first-order valence-corrected chi connectivity index (χ1v) is 19.7. The average Bonchev–Trinajstić information content (AvgIpc) is 3.43. The zero-order valence-corrected chi connectivity index (χ0v) is 32.4. The van der Waals surface area contributed by atoms with Crippen molar-refractivity contribution in [3.05, 3.63) is 138 Å². The van der Waals surface area contributed by atoms with E-state index in [1.807, 2.05) is 30.6 Å². The van der Waals surface area contributed by atoms with E-state index in [0.29, 0.717) is 0 Å². The van der Waals surface area contributed by atoms with Gasteiger partial charge in [0.1, 0.15) is 5.58 Å². The molecule has 0 aliphatic carbocycles. The van der Waals surface area contributed by atoms with Crippen LogP contribution in [0.2, 0.25) is 19.6 Å². The van der Waals surface area contributed by atoms with Crippen LogP contribution >= 0.6 is 0 Å². The molecule has 0 N–H and O–H groups in total. The summed E-state index contributed by atoms with van der Waals surface area (Å²) in [7, 11) is -1.25. The van der Waals surface area contributed by atoms with Crippen molar-refractivity contribution in [2.24, 2.45) is 0 Å². The van der Waals surface area contributed by atoms with E-state index in [1.165, 1.54) is 27.4 Å². The second-order valence-corrected chi connectivity index (χ2v) is 19.4. The first kappa shape index (κ1) is 35.2. The van der Waals surface area contributed by atoms with Gasteiger partial charge in [0.2, 0.25) is 0 Å². The Kier molecular flexibility index (Phi) is 10.4. The Morgan fingerprint density at radius 3 is 2.15 bits per heavy atom. The summed E-state index contributed by atoms with van der Waals surface area (Å²) >= 11 is 0. The summed E-state index contributed by atoms with van der Waals surface area (Å²) < 4.78 is 6.35. The molecule has 1 radical (unpaired) electrons. The van der Waals surface area contributed by atoms with Gasteiger partial charge in [-0.1, -0.05) is 126 Å². The maximum atomic E-state index is 6.35. The van der Waals surface area contributed by atoms with E-state index in [-0.39, 0.29) is 25.5 Å². The van der Waals surface area contributed by atoms with Gasteiger partial charge in [0, 0.05) is 37.9 Å². The van der Waals surface area contributed by atoms with Crippen LogP contribution in [0.15, 0.2) is 114 Å². The Hall–Kier alpha value is -4.15. The van der Waals surface area contributed by atoms with Crippen molar-refractivity contribution in [1.82, 2.24) is 9.97 Å². The van der Waals surface area contributed by atoms with Crippen molar-refractivity contribution in [1.29, 1.82) is 0 Å². The third-order valence-corrected chi connectivity index (χ3v) is 10.6. The van der Waals surface area contributed by atoms with Gasteiger partial charge < -0.3 is 14.4 Å². The Labute approximate surface area is 299 Å². The Bertz CT molecular complexity index is 2170. The Balaban J connectivity index is 0.000000205. The van der Waals surface area contributed by atoms with Gasteiger partial charge >= 0.3 is 0 Å². The summed E-state index contributed by atoms with van der Waals surface area (Å²) in [4.78, 5) is 9.23. The van der Waals surface area contributed by atoms with Crippen LogP contribution in [-0.2, 0) is 25.5 Å². The molecule has 3 heterocycles. The molecule has 0 bridgehead atoms. The van der Waals surface area contributed by atoms with Gasteiger partial charge in [0.25, 0.3) is 0 Å². The van der Waals surface area contributed by atoms with Crippen molar-refractivity contribution < 1.29 is 24.5 Å². The summed E-state index contributed by atoms with van der Waals surface area (Å²) in [5.74, 6) is 0. The van der Waals surface area contributed by atoms with E-state index in [4.69, 9.17) is 4.42 Å². The van der Waals surface area contributed by atoms with Crippen LogP contribution in [0.4, 0.5) is 0 Å². The molecule has 48 heavy (non-hydrogen) atoms. The minimum Gasteiger partial charge on any atom is -0.501 e. The molecule has 3 nitrogen and oxygen atoms in total. The average molecular weight is 823 g/mol. The molecule has 0 aliphatic heterocycles. The second kappa shape index (κ2) is 14.1. The minimum atomic E-state index is -1.25. The summed E-state index contributed by atoms with van der Waals surface area (Å²) in [6, 6.07) is 40.3. The van der Waals surface area contributed by atoms with Crippen LogP contribution in [0, 0.1) is 26.0 Å². The van der Waals surface area contributed by atoms with Gasteiger partial charge in [0.05, 0.1) is 13.7 Å². The molecule has 0 saturated carbocycles. The molecule has 0 unspecified atom stereocenters. The molecule has 0 spiro atoms. The maximum absolute atomic E-state index is 6.35. The van der Waals surface area contributed by atoms with Crippen molar-refractivity contribution in [3.63, 3.8) is 0 Å². The van der Waals surface area contributed by atoms with Gasteiger partial charge in [-0.25, -0.2) is 0 Å². The van der Waals surface area contributed by atoms with Crippen LogP contribution in [0.3, 0.4) is 0 Å². The standard InChI is InChI=1S/C27H22NO.C16H20NSi.Ir/c1-27(2,3)20-14-15-28-24(17-20)23-11-7-10-22-21-13-12-19(16-25(21)29-26(22)23)18-8-5-4-6-9-18;1-12-6-8-15(13(2)10-12)16-9-7-14(11-17-16)18(3,4)5;/h4-10,12-17H,1-3H3;6-7,9-11H,1-5H3;/q2*-1;. The number of aromatic nitrogens is 2. The van der Waals surface area contributed by atoms with Crippen LogP contribution in [0.25, 0.3) is 55.6 Å². The summed E-state index contributed by atoms with van der Waals surface area (Å²) in [6.07, 6.45) is 3.91. The first-order chi connectivity index (χ1) is 22.4. The molecule has 0 saturated heterocycles. The monoisotopic (exact) mass is 823 g/mol. The second-order valence-electron chi connectivity index (χ2n) is 14.4. The molecule has 245 valence electrons. The number of pyridine rings is 2. The molecular formula is C43H42IrN2OSi-2. The predicted octanol–water partition coefficient (Wildman–Crippen LogP) is 11.1. The molecule has 0 aliphatic rings. The number of hydrogen-bond acceptors (Lipinski definition) is 3. The fourth-order valence-electron chi connectivity index (χ4n) is 5.79. The van der Waals surface area contributed by atoms with Gasteiger partial charge in [-0.3, -0.25) is 0 Å². The number of fused-ring (bicyclic) bond motifs is 3. The largest absolute Gasteiger partial charge is 0.501 e. The smallest absolute Gasteiger partial charge is 0.121 e. The van der Waals surface area contributed by atoms with Crippen molar-refractivity contribution in [3.8, 4) is 33.6 Å². The maximum Gasteiger partial charge on any atom is 0.121 e. The summed E-state index contributed by atoms with van der Waals surface area (Å²) in [6.45, 7) is 17.9. The molecular weight excluding hydrogens is 781 g/mol. The van der Waals surface area contributed by atoms with Gasteiger partial charge in [-0.2, -0.15) is 0 Å². The zero-order valence-electron chi connectivity index (χ0n) is 29.0. The number of hydrogen-bond donors (Lipinski definition) is 0. The SMILES string of the molecule is CC(C)(C)c1ccnc(-c2[c-]ccc3c2oc2cc(-c4ccccc4)ccc23)c1.Cc1c[c-]c(-c2ccc([Si](C)(C)C)cn2)c(C)c1.[Ir]. The van der Waals surface area contributed by atoms with E-state index in [0.717, 1.165) is 50.0 Å². The van der Waals surface area contributed by atoms with E-state index in [1.54, 1.807) is 0 Å². The van der Waals surface area contributed by atoms with Crippen LogP contribution in [0.1, 0.15) is 37.5 Å². The third-order valence-electron chi connectivity index (χ3n) is 8.59.